The van der Waals surface area contributed by atoms with Gasteiger partial charge < -0.3 is 4.57 Å². The van der Waals surface area contributed by atoms with Gasteiger partial charge in [-0.25, -0.2) is 0 Å². The molecular formula is C19H17N. The molecule has 0 amide bonds. The van der Waals surface area contributed by atoms with E-state index in [2.05, 4.69) is 72.3 Å². The summed E-state index contributed by atoms with van der Waals surface area (Å²) in [6.45, 7) is 0. The molecule has 20 heavy (non-hydrogen) atoms. The lowest BCUT2D eigenvalue weighted by Gasteiger charge is -2.17. The summed E-state index contributed by atoms with van der Waals surface area (Å²) in [5, 5.41) is 0. The molecule has 1 heterocycles. The van der Waals surface area contributed by atoms with Crippen molar-refractivity contribution >= 4 is 0 Å². The number of aryl methyl sites for hydroxylation is 1. The molecule has 0 unspecified atom stereocenters. The first-order valence-corrected chi connectivity index (χ1v) is 7.17. The summed E-state index contributed by atoms with van der Waals surface area (Å²) in [5.41, 5.74) is 8.36. The number of aromatic nitrogens is 1. The highest BCUT2D eigenvalue weighted by Gasteiger charge is 2.20. The van der Waals surface area contributed by atoms with Crippen LogP contribution in [0.1, 0.15) is 11.3 Å². The number of fused-ring (bicyclic) bond motifs is 3. The monoisotopic (exact) mass is 259 g/mol. The summed E-state index contributed by atoms with van der Waals surface area (Å²) in [7, 11) is 2.19. The van der Waals surface area contributed by atoms with E-state index in [9.17, 15) is 0 Å². The third-order valence-electron chi connectivity index (χ3n) is 4.37. The molecule has 2 aromatic carbocycles. The van der Waals surface area contributed by atoms with Gasteiger partial charge in [-0.2, -0.15) is 0 Å². The summed E-state index contributed by atoms with van der Waals surface area (Å²) in [5.74, 6) is 0. The van der Waals surface area contributed by atoms with Gasteiger partial charge in [0.25, 0.3) is 0 Å². The van der Waals surface area contributed by atoms with Gasteiger partial charge in [-0.3, -0.25) is 0 Å². The molecule has 0 saturated heterocycles. The molecule has 98 valence electrons. The highest BCUT2D eigenvalue weighted by molar-refractivity contribution is 5.78. The van der Waals surface area contributed by atoms with Crippen molar-refractivity contribution in [1.29, 1.82) is 0 Å². The smallest absolute Gasteiger partial charge is 0.0486 e. The summed E-state index contributed by atoms with van der Waals surface area (Å²) < 4.78 is 2.36. The van der Waals surface area contributed by atoms with Gasteiger partial charge in [0.1, 0.15) is 0 Å². The Kier molecular flexibility index (Phi) is 2.53. The second-order valence-electron chi connectivity index (χ2n) is 5.47. The molecule has 0 fully saturated rings. The average Bonchev–Trinajstić information content (AvgIpc) is 2.86. The van der Waals surface area contributed by atoms with Crippen LogP contribution in [0.25, 0.3) is 22.4 Å². The largest absolute Gasteiger partial charge is 0.347 e. The minimum Gasteiger partial charge on any atom is -0.347 e. The first-order chi connectivity index (χ1) is 9.84. The fraction of sp³-hybridized carbons (Fsp3) is 0.158. The van der Waals surface area contributed by atoms with E-state index < -0.39 is 0 Å². The Balaban J connectivity index is 1.94. The van der Waals surface area contributed by atoms with E-state index in [1.807, 2.05) is 0 Å². The van der Waals surface area contributed by atoms with E-state index >= 15 is 0 Å². The van der Waals surface area contributed by atoms with Crippen LogP contribution in [-0.4, -0.2) is 4.57 Å². The van der Waals surface area contributed by atoms with Gasteiger partial charge >= 0.3 is 0 Å². The maximum Gasteiger partial charge on any atom is 0.0486 e. The summed E-state index contributed by atoms with van der Waals surface area (Å²) in [4.78, 5) is 0. The van der Waals surface area contributed by atoms with E-state index in [0.717, 1.165) is 12.8 Å². The van der Waals surface area contributed by atoms with Gasteiger partial charge in [-0.1, -0.05) is 54.6 Å². The topological polar surface area (TPSA) is 4.93 Å². The lowest BCUT2D eigenvalue weighted by atomic mass is 9.90. The normalized spacial score (nSPS) is 12.8. The molecule has 4 rings (SSSR count). The molecular weight excluding hydrogens is 242 g/mol. The van der Waals surface area contributed by atoms with Gasteiger partial charge in [-0.15, -0.1) is 0 Å². The average molecular weight is 259 g/mol. The maximum atomic E-state index is 2.36. The molecule has 0 N–H and O–H groups in total. The standard InChI is InChI=1S/C19H17N/c1-20-18-12-11-14-7-5-6-10-16(14)17(18)13-19(20)15-8-3-2-4-9-15/h2-10,13H,11-12H2,1H3. The van der Waals surface area contributed by atoms with Gasteiger partial charge in [-0.05, 0) is 35.6 Å². The fourth-order valence-electron chi connectivity index (χ4n) is 3.32. The zero-order valence-electron chi connectivity index (χ0n) is 11.6. The van der Waals surface area contributed by atoms with Crippen molar-refractivity contribution in [3.05, 3.63) is 71.9 Å². The maximum absolute atomic E-state index is 2.36. The Bertz CT molecular complexity index is 766. The van der Waals surface area contributed by atoms with Gasteiger partial charge in [0.05, 0.1) is 0 Å². The molecule has 0 bridgehead atoms. The number of nitrogens with zero attached hydrogens (tertiary/aromatic N) is 1. The quantitative estimate of drug-likeness (QED) is 0.608. The predicted octanol–water partition coefficient (Wildman–Crippen LogP) is 4.46. The van der Waals surface area contributed by atoms with Crippen LogP contribution < -0.4 is 0 Å². The molecule has 3 aromatic rings. The SMILES string of the molecule is Cn1c(-c2ccccc2)cc2c1CCc1ccccc1-2. The zero-order chi connectivity index (χ0) is 13.5. The van der Waals surface area contributed by atoms with Crippen molar-refractivity contribution < 1.29 is 0 Å². The Morgan fingerprint density at radius 1 is 0.800 bits per heavy atom. The predicted molar refractivity (Wildman–Crippen MR) is 83.7 cm³/mol. The Morgan fingerprint density at radius 3 is 2.40 bits per heavy atom. The van der Waals surface area contributed by atoms with Crippen LogP contribution in [0.5, 0.6) is 0 Å². The van der Waals surface area contributed by atoms with Crippen molar-refractivity contribution in [1.82, 2.24) is 4.57 Å². The van der Waals surface area contributed by atoms with Crippen LogP contribution >= 0.6 is 0 Å². The molecule has 1 heteroatoms. The lowest BCUT2D eigenvalue weighted by molar-refractivity contribution is 0.799. The molecule has 0 spiro atoms. The number of benzene rings is 2. The van der Waals surface area contributed by atoms with Crippen LogP contribution in [0.2, 0.25) is 0 Å². The molecule has 1 aliphatic carbocycles. The number of hydrogen-bond acceptors (Lipinski definition) is 0. The second-order valence-corrected chi connectivity index (χ2v) is 5.47. The lowest BCUT2D eigenvalue weighted by Crippen LogP contribution is -2.06. The van der Waals surface area contributed by atoms with E-state index in [0.29, 0.717) is 0 Å². The van der Waals surface area contributed by atoms with Crippen molar-refractivity contribution in [2.24, 2.45) is 7.05 Å². The van der Waals surface area contributed by atoms with Gasteiger partial charge in [0.2, 0.25) is 0 Å². The minimum atomic E-state index is 1.13. The first kappa shape index (κ1) is 11.5. The molecule has 0 atom stereocenters. The van der Waals surface area contributed by atoms with Crippen LogP contribution in [0.3, 0.4) is 0 Å². The minimum absolute atomic E-state index is 1.13. The molecule has 1 nitrogen and oxygen atoms in total. The zero-order valence-corrected chi connectivity index (χ0v) is 11.6. The van der Waals surface area contributed by atoms with Crippen molar-refractivity contribution in [3.8, 4) is 22.4 Å². The third-order valence-corrected chi connectivity index (χ3v) is 4.37. The summed E-state index contributed by atoms with van der Waals surface area (Å²) in [6, 6.07) is 21.8. The second kappa shape index (κ2) is 4.38. The summed E-state index contributed by atoms with van der Waals surface area (Å²) in [6.07, 6.45) is 2.28. The van der Waals surface area contributed by atoms with Crippen LogP contribution in [-0.2, 0) is 19.9 Å². The number of rotatable bonds is 1. The Labute approximate surface area is 119 Å². The molecule has 0 radical (unpaired) electrons. The summed E-state index contributed by atoms with van der Waals surface area (Å²) >= 11 is 0. The highest BCUT2D eigenvalue weighted by Crippen LogP contribution is 2.37. The fourth-order valence-corrected chi connectivity index (χ4v) is 3.32. The van der Waals surface area contributed by atoms with E-state index in [1.54, 1.807) is 0 Å². The van der Waals surface area contributed by atoms with Crippen molar-refractivity contribution in [2.75, 3.05) is 0 Å². The van der Waals surface area contributed by atoms with Crippen molar-refractivity contribution in [3.63, 3.8) is 0 Å². The first-order valence-electron chi connectivity index (χ1n) is 7.17. The van der Waals surface area contributed by atoms with Crippen LogP contribution in [0.4, 0.5) is 0 Å². The highest BCUT2D eigenvalue weighted by atomic mass is 15.0. The third kappa shape index (κ3) is 1.63. The molecule has 1 aromatic heterocycles. The van der Waals surface area contributed by atoms with E-state index in [4.69, 9.17) is 0 Å². The van der Waals surface area contributed by atoms with Crippen molar-refractivity contribution in [2.45, 2.75) is 12.8 Å². The molecule has 0 aliphatic heterocycles. The van der Waals surface area contributed by atoms with E-state index in [1.165, 1.54) is 33.6 Å². The molecule has 1 aliphatic rings. The number of hydrogen-bond donors (Lipinski definition) is 0. The Morgan fingerprint density at radius 2 is 1.55 bits per heavy atom. The Hall–Kier alpha value is -2.28. The van der Waals surface area contributed by atoms with Gasteiger partial charge in [0.15, 0.2) is 0 Å². The molecule has 0 saturated carbocycles. The van der Waals surface area contributed by atoms with E-state index in [-0.39, 0.29) is 0 Å². The van der Waals surface area contributed by atoms with Crippen LogP contribution in [0.15, 0.2) is 60.7 Å². The van der Waals surface area contributed by atoms with Gasteiger partial charge in [0, 0.05) is 24.0 Å². The van der Waals surface area contributed by atoms with Crippen LogP contribution in [0, 0.1) is 0 Å².